The van der Waals surface area contributed by atoms with Crippen LogP contribution in [0.5, 0.6) is 0 Å². The number of hydrogen-bond acceptors (Lipinski definition) is 3. The van der Waals surface area contributed by atoms with Crippen LogP contribution in [0.3, 0.4) is 0 Å². The van der Waals surface area contributed by atoms with Gasteiger partial charge in [0.2, 0.25) is 5.24 Å². The molecule has 0 radical (unpaired) electrons. The summed E-state index contributed by atoms with van der Waals surface area (Å²) in [6.45, 7) is 4.09. The number of halogens is 1. The van der Waals surface area contributed by atoms with Crippen molar-refractivity contribution in [1.29, 1.82) is 0 Å². The molecule has 0 aromatic carbocycles. The van der Waals surface area contributed by atoms with Crippen LogP contribution in [0.2, 0.25) is 0 Å². The molecular formula is C12H21ClO3. The van der Waals surface area contributed by atoms with Crippen LogP contribution in [0.25, 0.3) is 0 Å². The van der Waals surface area contributed by atoms with Gasteiger partial charge in [0.15, 0.2) is 0 Å². The second-order valence-corrected chi connectivity index (χ2v) is 4.29. The molecule has 0 spiro atoms. The Morgan fingerprint density at radius 3 is 2.31 bits per heavy atom. The van der Waals surface area contributed by atoms with Crippen molar-refractivity contribution in [3.8, 4) is 0 Å². The van der Waals surface area contributed by atoms with E-state index in [0.717, 1.165) is 19.3 Å². The normalized spacial score (nSPS) is 12.2. The Bertz CT molecular complexity index is 216. The van der Waals surface area contributed by atoms with Gasteiger partial charge >= 0.3 is 5.97 Å². The van der Waals surface area contributed by atoms with E-state index in [-0.39, 0.29) is 17.3 Å². The largest absolute Gasteiger partial charge is 0.462 e. The van der Waals surface area contributed by atoms with Crippen molar-refractivity contribution in [3.63, 3.8) is 0 Å². The van der Waals surface area contributed by atoms with Gasteiger partial charge in [-0.1, -0.05) is 20.3 Å². The Hall–Kier alpha value is -0.570. The third-order valence-electron chi connectivity index (χ3n) is 2.37. The number of esters is 1. The van der Waals surface area contributed by atoms with Crippen molar-refractivity contribution in [2.75, 3.05) is 0 Å². The molecule has 0 heterocycles. The van der Waals surface area contributed by atoms with Crippen molar-refractivity contribution in [3.05, 3.63) is 0 Å². The summed E-state index contributed by atoms with van der Waals surface area (Å²) in [6.07, 6.45) is 4.88. The van der Waals surface area contributed by atoms with Crippen LogP contribution < -0.4 is 0 Å². The van der Waals surface area contributed by atoms with Gasteiger partial charge in [0.05, 0.1) is 0 Å². The molecule has 0 aromatic rings. The topological polar surface area (TPSA) is 43.4 Å². The molecule has 0 saturated carbocycles. The van der Waals surface area contributed by atoms with Gasteiger partial charge in [-0.3, -0.25) is 9.59 Å². The minimum Gasteiger partial charge on any atom is -0.462 e. The molecule has 0 rings (SSSR count). The summed E-state index contributed by atoms with van der Waals surface area (Å²) < 4.78 is 5.29. The zero-order valence-corrected chi connectivity index (χ0v) is 10.9. The molecule has 0 bridgehead atoms. The minimum atomic E-state index is -0.342. The van der Waals surface area contributed by atoms with Crippen LogP contribution in [0.4, 0.5) is 0 Å². The van der Waals surface area contributed by atoms with E-state index < -0.39 is 0 Å². The Labute approximate surface area is 102 Å². The number of ether oxygens (including phenoxy) is 1. The van der Waals surface area contributed by atoms with E-state index >= 15 is 0 Å². The summed E-state index contributed by atoms with van der Waals surface area (Å²) in [5.41, 5.74) is 0. The maximum atomic E-state index is 11.4. The maximum Gasteiger partial charge on any atom is 0.306 e. The highest BCUT2D eigenvalue weighted by Gasteiger charge is 2.11. The van der Waals surface area contributed by atoms with Gasteiger partial charge in [0, 0.05) is 12.8 Å². The molecule has 0 fully saturated rings. The smallest absolute Gasteiger partial charge is 0.306 e. The van der Waals surface area contributed by atoms with Crippen molar-refractivity contribution in [2.45, 2.75) is 64.9 Å². The molecule has 0 saturated heterocycles. The van der Waals surface area contributed by atoms with E-state index in [9.17, 15) is 9.59 Å². The molecule has 1 atom stereocenters. The van der Waals surface area contributed by atoms with Gasteiger partial charge in [0.25, 0.3) is 0 Å². The molecule has 1 unspecified atom stereocenters. The zero-order chi connectivity index (χ0) is 12.4. The second-order valence-electron chi connectivity index (χ2n) is 3.87. The zero-order valence-electron chi connectivity index (χ0n) is 10.1. The summed E-state index contributed by atoms with van der Waals surface area (Å²) in [4.78, 5) is 21.8. The van der Waals surface area contributed by atoms with Crippen molar-refractivity contribution >= 4 is 22.8 Å². The van der Waals surface area contributed by atoms with E-state index in [0.29, 0.717) is 25.7 Å². The van der Waals surface area contributed by atoms with Crippen molar-refractivity contribution in [2.24, 2.45) is 0 Å². The molecule has 0 aliphatic heterocycles. The molecule has 3 nitrogen and oxygen atoms in total. The van der Waals surface area contributed by atoms with E-state index in [4.69, 9.17) is 16.3 Å². The van der Waals surface area contributed by atoms with E-state index in [2.05, 4.69) is 6.92 Å². The first kappa shape index (κ1) is 15.4. The van der Waals surface area contributed by atoms with Crippen LogP contribution >= 0.6 is 11.6 Å². The SMILES string of the molecule is CCCC(CC)OC(=O)CCCCC(=O)Cl. The maximum absolute atomic E-state index is 11.4. The number of unbranched alkanes of at least 4 members (excludes halogenated alkanes) is 1. The molecule has 0 amide bonds. The van der Waals surface area contributed by atoms with Crippen LogP contribution in [-0.2, 0) is 14.3 Å². The third-order valence-corrected chi connectivity index (χ3v) is 2.56. The predicted octanol–water partition coefficient (Wildman–Crippen LogP) is 3.43. The molecule has 0 aromatic heterocycles. The number of carbonyl (C=O) groups excluding carboxylic acids is 2. The van der Waals surface area contributed by atoms with Gasteiger partial charge in [-0.2, -0.15) is 0 Å². The molecule has 0 N–H and O–H groups in total. The second kappa shape index (κ2) is 9.64. The Kier molecular flexibility index (Phi) is 9.30. The molecule has 16 heavy (non-hydrogen) atoms. The lowest BCUT2D eigenvalue weighted by molar-refractivity contribution is -0.149. The standard InChI is InChI=1S/C12H21ClO3/c1-3-7-10(4-2)16-12(15)9-6-5-8-11(13)14/h10H,3-9H2,1-2H3. The van der Waals surface area contributed by atoms with Crippen LogP contribution in [0.15, 0.2) is 0 Å². The number of carbonyl (C=O) groups is 2. The molecule has 0 aliphatic carbocycles. The quantitative estimate of drug-likeness (QED) is 0.357. The molecule has 94 valence electrons. The molecular weight excluding hydrogens is 228 g/mol. The summed E-state index contributed by atoms with van der Waals surface area (Å²) in [7, 11) is 0. The van der Waals surface area contributed by atoms with E-state index in [1.165, 1.54) is 0 Å². The molecule has 0 aliphatic rings. The number of hydrogen-bond donors (Lipinski definition) is 0. The van der Waals surface area contributed by atoms with Gasteiger partial charge < -0.3 is 4.74 Å². The van der Waals surface area contributed by atoms with Crippen LogP contribution in [0.1, 0.15) is 58.8 Å². The van der Waals surface area contributed by atoms with Gasteiger partial charge in [0.1, 0.15) is 6.10 Å². The highest BCUT2D eigenvalue weighted by atomic mass is 35.5. The Balaban J connectivity index is 3.60. The van der Waals surface area contributed by atoms with Gasteiger partial charge in [-0.15, -0.1) is 0 Å². The van der Waals surface area contributed by atoms with Crippen LogP contribution in [0, 0.1) is 0 Å². The number of rotatable bonds is 9. The van der Waals surface area contributed by atoms with E-state index in [1.807, 2.05) is 6.92 Å². The first-order valence-corrected chi connectivity index (χ1v) is 6.35. The lowest BCUT2D eigenvalue weighted by Gasteiger charge is -2.14. The third kappa shape index (κ3) is 8.72. The lowest BCUT2D eigenvalue weighted by Crippen LogP contribution is -2.17. The first-order valence-electron chi connectivity index (χ1n) is 5.97. The Morgan fingerprint density at radius 2 is 1.81 bits per heavy atom. The average molecular weight is 249 g/mol. The highest BCUT2D eigenvalue weighted by molar-refractivity contribution is 6.63. The predicted molar refractivity (Wildman–Crippen MR) is 64.4 cm³/mol. The fraction of sp³-hybridized carbons (Fsp3) is 0.833. The minimum absolute atomic E-state index is 0.0483. The van der Waals surface area contributed by atoms with E-state index in [1.54, 1.807) is 0 Å². The highest BCUT2D eigenvalue weighted by Crippen LogP contribution is 2.10. The Morgan fingerprint density at radius 1 is 1.19 bits per heavy atom. The average Bonchev–Trinajstić information content (AvgIpc) is 2.23. The summed E-state index contributed by atoms with van der Waals surface area (Å²) in [6, 6.07) is 0. The van der Waals surface area contributed by atoms with Crippen LogP contribution in [-0.4, -0.2) is 17.3 Å². The molecule has 4 heteroatoms. The van der Waals surface area contributed by atoms with Gasteiger partial charge in [-0.05, 0) is 37.3 Å². The fourth-order valence-corrected chi connectivity index (χ4v) is 1.58. The van der Waals surface area contributed by atoms with Crippen molar-refractivity contribution in [1.82, 2.24) is 0 Å². The van der Waals surface area contributed by atoms with Crippen molar-refractivity contribution < 1.29 is 14.3 Å². The summed E-state index contributed by atoms with van der Waals surface area (Å²) in [5, 5.41) is -0.342. The lowest BCUT2D eigenvalue weighted by atomic mass is 10.1. The summed E-state index contributed by atoms with van der Waals surface area (Å²) in [5.74, 6) is -0.165. The monoisotopic (exact) mass is 248 g/mol. The first-order chi connectivity index (χ1) is 7.60. The van der Waals surface area contributed by atoms with Gasteiger partial charge in [-0.25, -0.2) is 0 Å². The fourth-order valence-electron chi connectivity index (χ4n) is 1.45. The summed E-state index contributed by atoms with van der Waals surface area (Å²) >= 11 is 5.19.